The van der Waals surface area contributed by atoms with Crippen LogP contribution in [0.15, 0.2) is 162 Å². The number of allylic oxidation sites excluding steroid dienone is 15. The molecule has 49 heavy (non-hydrogen) atoms. The Morgan fingerprint density at radius 2 is 1.84 bits per heavy atom. The summed E-state index contributed by atoms with van der Waals surface area (Å²) < 4.78 is 0. The molecule has 0 bridgehead atoms. The average molecular weight is 648 g/mol. The van der Waals surface area contributed by atoms with E-state index < -0.39 is 0 Å². The van der Waals surface area contributed by atoms with Gasteiger partial charge < -0.3 is 16.4 Å². The lowest BCUT2D eigenvalue weighted by Crippen LogP contribution is -2.33. The van der Waals surface area contributed by atoms with Gasteiger partial charge in [-0.3, -0.25) is 0 Å². The summed E-state index contributed by atoms with van der Waals surface area (Å²) in [4.78, 5) is 0. The van der Waals surface area contributed by atoms with E-state index in [9.17, 15) is 0 Å². The number of dihydropyridines is 1. The molecule has 7 atom stereocenters. The molecule has 3 nitrogen and oxygen atoms in total. The first-order valence-electron chi connectivity index (χ1n) is 18.6. The third-order valence-corrected chi connectivity index (χ3v) is 11.8. The van der Waals surface area contributed by atoms with Gasteiger partial charge in [0, 0.05) is 36.0 Å². The van der Waals surface area contributed by atoms with E-state index in [1.165, 1.54) is 39.6 Å². The molecule has 2 aromatic rings. The molecular formula is C46H53N3. The van der Waals surface area contributed by atoms with Gasteiger partial charge in [-0.1, -0.05) is 133 Å². The Hall–Kier alpha value is -4.34. The molecule has 0 aromatic heterocycles. The van der Waals surface area contributed by atoms with Crippen molar-refractivity contribution in [3.63, 3.8) is 0 Å². The first kappa shape index (κ1) is 33.2. The van der Waals surface area contributed by atoms with Crippen LogP contribution in [0.3, 0.4) is 0 Å². The Bertz CT molecular complexity index is 1820. The molecule has 5 aliphatic rings. The molecule has 0 saturated heterocycles. The maximum Gasteiger partial charge on any atom is 0.0422 e. The largest absolute Gasteiger partial charge is 0.387 e. The summed E-state index contributed by atoms with van der Waals surface area (Å²) in [5.41, 5.74) is 15.2. The van der Waals surface area contributed by atoms with E-state index in [4.69, 9.17) is 5.73 Å². The zero-order valence-corrected chi connectivity index (χ0v) is 29.3. The van der Waals surface area contributed by atoms with Crippen LogP contribution in [0.25, 0.3) is 10.8 Å². The Morgan fingerprint density at radius 3 is 2.69 bits per heavy atom. The van der Waals surface area contributed by atoms with E-state index in [0.29, 0.717) is 48.0 Å². The van der Waals surface area contributed by atoms with E-state index in [-0.39, 0.29) is 0 Å². The first-order valence-corrected chi connectivity index (χ1v) is 18.6. The zero-order chi connectivity index (χ0) is 33.6. The third-order valence-electron chi connectivity index (χ3n) is 11.8. The van der Waals surface area contributed by atoms with Crippen LogP contribution in [0.1, 0.15) is 39.5 Å². The molecule has 2 aromatic carbocycles. The van der Waals surface area contributed by atoms with Crippen molar-refractivity contribution in [2.24, 2.45) is 47.2 Å². The van der Waals surface area contributed by atoms with Gasteiger partial charge in [-0.2, -0.15) is 0 Å². The van der Waals surface area contributed by atoms with E-state index in [1.807, 2.05) is 6.20 Å². The van der Waals surface area contributed by atoms with Gasteiger partial charge in [-0.05, 0) is 109 Å². The van der Waals surface area contributed by atoms with Crippen molar-refractivity contribution in [3.05, 3.63) is 162 Å². The van der Waals surface area contributed by atoms with Crippen molar-refractivity contribution in [3.8, 4) is 0 Å². The van der Waals surface area contributed by atoms with Gasteiger partial charge in [-0.15, -0.1) is 0 Å². The number of hydrogen-bond donors (Lipinski definition) is 3. The van der Waals surface area contributed by atoms with Crippen molar-refractivity contribution >= 4 is 16.5 Å². The summed E-state index contributed by atoms with van der Waals surface area (Å²) in [6.07, 6.45) is 39.5. The molecule has 4 N–H and O–H groups in total. The Morgan fingerprint density at radius 1 is 1.00 bits per heavy atom. The summed E-state index contributed by atoms with van der Waals surface area (Å²) in [5, 5.41) is 9.93. The number of nitrogens with two attached hydrogens (primary N) is 1. The minimum atomic E-state index is 0.398. The summed E-state index contributed by atoms with van der Waals surface area (Å²) in [6, 6.07) is 15.3. The van der Waals surface area contributed by atoms with Gasteiger partial charge >= 0.3 is 0 Å². The van der Waals surface area contributed by atoms with Crippen LogP contribution < -0.4 is 16.4 Å². The molecule has 0 fully saturated rings. The SMILES string of the molecule is C/C=C\C(CN)C1CCC(C(C)C/C=C(\CNc2cccc3ccccc23)C2CC=C(C3=CC=CNC3)C3C=CC=CC32)=C2C=CC=CC21. The smallest absolute Gasteiger partial charge is 0.0422 e. The lowest BCUT2D eigenvalue weighted by atomic mass is 9.65. The second-order valence-electron chi connectivity index (χ2n) is 14.5. The van der Waals surface area contributed by atoms with E-state index >= 15 is 0 Å². The zero-order valence-electron chi connectivity index (χ0n) is 29.3. The van der Waals surface area contributed by atoms with Crippen LogP contribution in [0.2, 0.25) is 0 Å². The maximum absolute atomic E-state index is 6.31. The molecule has 0 spiro atoms. The predicted molar refractivity (Wildman–Crippen MR) is 210 cm³/mol. The van der Waals surface area contributed by atoms with Crippen LogP contribution in [-0.2, 0) is 0 Å². The highest BCUT2D eigenvalue weighted by Gasteiger charge is 2.37. The van der Waals surface area contributed by atoms with Crippen LogP contribution in [0.4, 0.5) is 5.69 Å². The van der Waals surface area contributed by atoms with Crippen molar-refractivity contribution in [1.29, 1.82) is 0 Å². The maximum atomic E-state index is 6.31. The molecule has 0 amide bonds. The lowest BCUT2D eigenvalue weighted by molar-refractivity contribution is 0.295. The summed E-state index contributed by atoms with van der Waals surface area (Å²) in [5.74, 6) is 3.23. The average Bonchev–Trinajstić information content (AvgIpc) is 3.16. The molecule has 7 rings (SSSR count). The quantitative estimate of drug-likeness (QED) is 0.213. The monoisotopic (exact) mass is 647 g/mol. The fraction of sp³-hybridized carbons (Fsp3) is 0.348. The van der Waals surface area contributed by atoms with Crippen LogP contribution in [-0.4, -0.2) is 19.6 Å². The minimum Gasteiger partial charge on any atom is -0.387 e. The fourth-order valence-corrected chi connectivity index (χ4v) is 9.22. The van der Waals surface area contributed by atoms with Gasteiger partial charge in [0.15, 0.2) is 0 Å². The Balaban J connectivity index is 1.20. The van der Waals surface area contributed by atoms with Crippen LogP contribution in [0, 0.1) is 41.4 Å². The molecule has 1 heterocycles. The highest BCUT2D eigenvalue weighted by Crippen LogP contribution is 2.47. The van der Waals surface area contributed by atoms with E-state index in [2.05, 4.69) is 152 Å². The predicted octanol–water partition coefficient (Wildman–Crippen LogP) is 10.2. The standard InChI is InChI=1S/C46H53N3/c1-3-12-34(29-47)38-25-24-37(42-17-6-7-18-43(38)42)32(2)22-23-36(31-49-46-21-10-14-33-13-4-5-16-41(33)46)40-27-26-39(35-15-11-28-48-30-35)44-19-8-9-20-45(40)44/h3-21,23,26,28,32,34,38,40,43-45,48-49H,22,24-25,27,29-31,47H2,1-2H3/b12-3-,36-23+. The van der Waals surface area contributed by atoms with Crippen molar-refractivity contribution in [2.75, 3.05) is 25.0 Å². The minimum absolute atomic E-state index is 0.398. The summed E-state index contributed by atoms with van der Waals surface area (Å²) >= 11 is 0. The second kappa shape index (κ2) is 15.5. The summed E-state index contributed by atoms with van der Waals surface area (Å²) in [7, 11) is 0. The van der Waals surface area contributed by atoms with Crippen molar-refractivity contribution < 1.29 is 0 Å². The number of fused-ring (bicyclic) bond motifs is 3. The van der Waals surface area contributed by atoms with Crippen molar-refractivity contribution in [2.45, 2.75) is 39.5 Å². The highest BCUT2D eigenvalue weighted by atomic mass is 14.9. The van der Waals surface area contributed by atoms with Gasteiger partial charge in [0.1, 0.15) is 0 Å². The molecule has 1 aliphatic heterocycles. The van der Waals surface area contributed by atoms with E-state index in [0.717, 1.165) is 32.4 Å². The second-order valence-corrected chi connectivity index (χ2v) is 14.5. The molecular weight excluding hydrogens is 595 g/mol. The highest BCUT2D eigenvalue weighted by molar-refractivity contribution is 5.93. The lowest BCUT2D eigenvalue weighted by Gasteiger charge is -2.40. The van der Waals surface area contributed by atoms with Crippen LogP contribution in [0.5, 0.6) is 0 Å². The van der Waals surface area contributed by atoms with Crippen molar-refractivity contribution in [1.82, 2.24) is 5.32 Å². The molecule has 252 valence electrons. The van der Waals surface area contributed by atoms with Gasteiger partial charge in [0.2, 0.25) is 0 Å². The topological polar surface area (TPSA) is 50.1 Å². The Labute approximate surface area is 294 Å². The number of anilines is 1. The molecule has 4 aliphatic carbocycles. The fourth-order valence-electron chi connectivity index (χ4n) is 9.22. The van der Waals surface area contributed by atoms with E-state index in [1.54, 1.807) is 11.1 Å². The number of hydrogen-bond acceptors (Lipinski definition) is 3. The molecule has 7 unspecified atom stereocenters. The van der Waals surface area contributed by atoms with Gasteiger partial charge in [0.05, 0.1) is 0 Å². The van der Waals surface area contributed by atoms with Gasteiger partial charge in [-0.25, -0.2) is 0 Å². The normalized spacial score (nSPS) is 27.4. The molecule has 0 saturated carbocycles. The Kier molecular flexibility index (Phi) is 10.5. The number of rotatable bonds is 11. The van der Waals surface area contributed by atoms with Crippen LogP contribution >= 0.6 is 0 Å². The number of benzene rings is 2. The third kappa shape index (κ3) is 7.05. The molecule has 3 heteroatoms. The summed E-state index contributed by atoms with van der Waals surface area (Å²) in [6.45, 7) is 7.05. The molecule has 0 radical (unpaired) electrons. The van der Waals surface area contributed by atoms with Gasteiger partial charge in [0.25, 0.3) is 0 Å². The first-order chi connectivity index (χ1) is 24.2. The number of nitrogens with one attached hydrogen (secondary N) is 2.